The number of nitrogens with zero attached hydrogens (tertiary/aromatic N) is 1. The molecule has 0 spiro atoms. The highest BCUT2D eigenvalue weighted by Gasteiger charge is 2.51. The van der Waals surface area contributed by atoms with Crippen molar-refractivity contribution in [2.24, 2.45) is 0 Å². The van der Waals surface area contributed by atoms with Gasteiger partial charge in [-0.3, -0.25) is 0 Å². The second kappa shape index (κ2) is 9.08. The van der Waals surface area contributed by atoms with E-state index in [-0.39, 0.29) is 11.2 Å². The number of aromatic nitrogens is 1. The summed E-state index contributed by atoms with van der Waals surface area (Å²) in [4.78, 5) is 4.38. The van der Waals surface area contributed by atoms with E-state index in [0.717, 1.165) is 24.9 Å². The van der Waals surface area contributed by atoms with Crippen molar-refractivity contribution in [2.45, 2.75) is 58.3 Å². The van der Waals surface area contributed by atoms with Crippen molar-refractivity contribution in [2.75, 3.05) is 13.2 Å². The van der Waals surface area contributed by atoms with Crippen LogP contribution in [0.5, 0.6) is 5.88 Å². The van der Waals surface area contributed by atoms with E-state index in [1.165, 1.54) is 5.56 Å². The van der Waals surface area contributed by atoms with Gasteiger partial charge in [0.1, 0.15) is 0 Å². The fourth-order valence-corrected chi connectivity index (χ4v) is 2.84. The molecule has 5 nitrogen and oxygen atoms in total. The monoisotopic (exact) mass is 383 g/mol. The van der Waals surface area contributed by atoms with Crippen LogP contribution in [0, 0.1) is 0 Å². The highest BCUT2D eigenvalue weighted by atomic mass is 16.7. The van der Waals surface area contributed by atoms with Crippen LogP contribution in [0.1, 0.15) is 46.1 Å². The molecule has 0 unspecified atom stereocenters. The fraction of sp³-hybridized carbons (Fsp3) is 0.500. The third-order valence-corrected chi connectivity index (χ3v) is 5.33. The van der Waals surface area contributed by atoms with E-state index in [1.807, 2.05) is 58.0 Å². The van der Waals surface area contributed by atoms with E-state index in [2.05, 4.69) is 17.1 Å². The SMILES string of the molecule is CC1(C)OB(c2ccc(OCCCCOCc3ccccc3)nc2)OC1(C)C. The highest BCUT2D eigenvalue weighted by molar-refractivity contribution is 6.62. The van der Waals surface area contributed by atoms with Crippen LogP contribution >= 0.6 is 0 Å². The van der Waals surface area contributed by atoms with Gasteiger partial charge >= 0.3 is 7.12 Å². The van der Waals surface area contributed by atoms with Gasteiger partial charge in [0, 0.05) is 18.3 Å². The summed E-state index contributed by atoms with van der Waals surface area (Å²) in [5, 5.41) is 0. The lowest BCUT2D eigenvalue weighted by Gasteiger charge is -2.32. The Labute approximate surface area is 168 Å². The molecule has 0 N–H and O–H groups in total. The van der Waals surface area contributed by atoms with Gasteiger partial charge in [0.05, 0.1) is 24.4 Å². The zero-order valence-corrected chi connectivity index (χ0v) is 17.3. The summed E-state index contributed by atoms with van der Waals surface area (Å²) in [5.74, 6) is 0.616. The van der Waals surface area contributed by atoms with Crippen molar-refractivity contribution in [1.82, 2.24) is 4.98 Å². The Hall–Kier alpha value is -1.89. The fourth-order valence-electron chi connectivity index (χ4n) is 2.84. The lowest BCUT2D eigenvalue weighted by Crippen LogP contribution is -2.41. The van der Waals surface area contributed by atoms with Crippen LogP contribution in [-0.4, -0.2) is 36.5 Å². The van der Waals surface area contributed by atoms with E-state index in [1.54, 1.807) is 6.20 Å². The third kappa shape index (κ3) is 5.34. The molecule has 6 heteroatoms. The van der Waals surface area contributed by atoms with Crippen LogP contribution in [0.4, 0.5) is 0 Å². The first-order chi connectivity index (χ1) is 13.4. The van der Waals surface area contributed by atoms with Crippen molar-refractivity contribution >= 4 is 12.6 Å². The summed E-state index contributed by atoms with van der Waals surface area (Å²) in [7, 11) is -0.395. The van der Waals surface area contributed by atoms with E-state index in [4.69, 9.17) is 18.8 Å². The molecule has 2 heterocycles. The maximum absolute atomic E-state index is 6.04. The van der Waals surface area contributed by atoms with Crippen LogP contribution in [-0.2, 0) is 20.7 Å². The normalized spacial score (nSPS) is 17.6. The van der Waals surface area contributed by atoms with Gasteiger partial charge in [0.2, 0.25) is 5.88 Å². The first-order valence-electron chi connectivity index (χ1n) is 9.93. The smallest absolute Gasteiger partial charge is 0.478 e. The molecule has 0 radical (unpaired) electrons. The molecule has 1 aliphatic heterocycles. The largest absolute Gasteiger partial charge is 0.496 e. The summed E-state index contributed by atoms with van der Waals surface area (Å²) < 4.78 is 23.5. The van der Waals surface area contributed by atoms with Gasteiger partial charge in [0.25, 0.3) is 0 Å². The number of unbranched alkanes of at least 4 members (excludes halogenated alkanes) is 1. The molecule has 0 amide bonds. The third-order valence-electron chi connectivity index (χ3n) is 5.33. The summed E-state index contributed by atoms with van der Waals surface area (Å²) >= 11 is 0. The lowest BCUT2D eigenvalue weighted by atomic mass is 9.80. The first kappa shape index (κ1) is 20.8. The summed E-state index contributed by atoms with van der Waals surface area (Å²) in [6, 6.07) is 14.0. The van der Waals surface area contributed by atoms with Crippen molar-refractivity contribution in [3.63, 3.8) is 0 Å². The van der Waals surface area contributed by atoms with Gasteiger partial charge in [-0.15, -0.1) is 0 Å². The number of pyridine rings is 1. The van der Waals surface area contributed by atoms with Gasteiger partial charge in [0.15, 0.2) is 0 Å². The molecular formula is C22H30BNO4. The molecule has 1 aromatic heterocycles. The van der Waals surface area contributed by atoms with Crippen LogP contribution in [0.3, 0.4) is 0 Å². The predicted octanol–water partition coefficient (Wildman–Crippen LogP) is 3.76. The Bertz CT molecular complexity index is 718. The van der Waals surface area contributed by atoms with Crippen LogP contribution in [0.2, 0.25) is 0 Å². The molecule has 1 fully saturated rings. The lowest BCUT2D eigenvalue weighted by molar-refractivity contribution is 0.00578. The average molecular weight is 383 g/mol. The molecule has 0 aliphatic carbocycles. The zero-order chi connectivity index (χ0) is 20.0. The van der Waals surface area contributed by atoms with E-state index >= 15 is 0 Å². The van der Waals surface area contributed by atoms with Crippen molar-refractivity contribution in [3.8, 4) is 5.88 Å². The standard InChI is InChI=1S/C22H30BNO4/c1-21(2)22(3,4)28-23(27-21)19-12-13-20(24-16-19)26-15-9-8-14-25-17-18-10-6-5-7-11-18/h5-7,10-13,16H,8-9,14-15,17H2,1-4H3. The minimum atomic E-state index is -0.395. The summed E-state index contributed by atoms with van der Waals surface area (Å²) in [6.07, 6.45) is 3.65. The van der Waals surface area contributed by atoms with E-state index in [9.17, 15) is 0 Å². The molecule has 0 bridgehead atoms. The van der Waals surface area contributed by atoms with Crippen molar-refractivity contribution in [3.05, 3.63) is 54.2 Å². The Morgan fingerprint density at radius 1 is 0.893 bits per heavy atom. The van der Waals surface area contributed by atoms with E-state index < -0.39 is 7.12 Å². The predicted molar refractivity (Wildman–Crippen MR) is 111 cm³/mol. The molecular weight excluding hydrogens is 353 g/mol. The van der Waals surface area contributed by atoms with E-state index in [0.29, 0.717) is 19.1 Å². The van der Waals surface area contributed by atoms with Crippen LogP contribution in [0.15, 0.2) is 48.7 Å². The van der Waals surface area contributed by atoms with Gasteiger partial charge < -0.3 is 18.8 Å². The molecule has 3 rings (SSSR count). The minimum Gasteiger partial charge on any atom is -0.478 e. The number of rotatable bonds is 9. The molecule has 28 heavy (non-hydrogen) atoms. The number of benzene rings is 1. The Morgan fingerprint density at radius 3 is 2.21 bits per heavy atom. The second-order valence-electron chi connectivity index (χ2n) is 8.11. The van der Waals surface area contributed by atoms with Gasteiger partial charge in [-0.25, -0.2) is 4.98 Å². The van der Waals surface area contributed by atoms with Crippen LogP contribution in [0.25, 0.3) is 0 Å². The molecule has 1 aromatic carbocycles. The molecule has 0 atom stereocenters. The Kier molecular flexibility index (Phi) is 6.75. The number of hydrogen-bond donors (Lipinski definition) is 0. The molecule has 150 valence electrons. The minimum absolute atomic E-state index is 0.352. The van der Waals surface area contributed by atoms with Gasteiger partial charge in [-0.1, -0.05) is 36.4 Å². The van der Waals surface area contributed by atoms with Crippen molar-refractivity contribution < 1.29 is 18.8 Å². The van der Waals surface area contributed by atoms with Crippen LogP contribution < -0.4 is 10.2 Å². The molecule has 1 saturated heterocycles. The molecule has 2 aromatic rings. The van der Waals surface area contributed by atoms with Gasteiger partial charge in [-0.2, -0.15) is 0 Å². The Morgan fingerprint density at radius 2 is 1.57 bits per heavy atom. The average Bonchev–Trinajstić information content (AvgIpc) is 2.89. The zero-order valence-electron chi connectivity index (χ0n) is 17.3. The Balaban J connectivity index is 1.34. The maximum atomic E-state index is 6.04. The highest BCUT2D eigenvalue weighted by Crippen LogP contribution is 2.36. The summed E-state index contributed by atoms with van der Waals surface area (Å²) in [6.45, 7) is 10.2. The maximum Gasteiger partial charge on any atom is 0.496 e. The number of hydrogen-bond acceptors (Lipinski definition) is 5. The topological polar surface area (TPSA) is 49.8 Å². The molecule has 1 aliphatic rings. The van der Waals surface area contributed by atoms with Gasteiger partial charge in [-0.05, 0) is 52.2 Å². The quantitative estimate of drug-likeness (QED) is 0.488. The van der Waals surface area contributed by atoms with Crippen molar-refractivity contribution in [1.29, 1.82) is 0 Å². The first-order valence-corrected chi connectivity index (χ1v) is 9.93. The second-order valence-corrected chi connectivity index (χ2v) is 8.11. The summed E-state index contributed by atoms with van der Waals surface area (Å²) in [5.41, 5.74) is 1.40. The molecule has 0 saturated carbocycles. The number of ether oxygens (including phenoxy) is 2.